The van der Waals surface area contributed by atoms with Gasteiger partial charge in [0.2, 0.25) is 0 Å². The van der Waals surface area contributed by atoms with E-state index < -0.39 is 0 Å². The molecule has 114 valence electrons. The maximum atomic E-state index is 5.26. The van der Waals surface area contributed by atoms with Gasteiger partial charge in [-0.15, -0.1) is 0 Å². The zero-order chi connectivity index (χ0) is 15.1. The van der Waals surface area contributed by atoms with Crippen molar-refractivity contribution in [1.29, 1.82) is 0 Å². The second-order valence-electron chi connectivity index (χ2n) is 5.41. The topological polar surface area (TPSA) is 39.1 Å². The molecule has 0 aliphatic rings. The third kappa shape index (κ3) is 4.16. The monoisotopic (exact) mass is 287 g/mol. The molecule has 1 N–H and O–H groups in total. The number of hydrogen-bond acceptors (Lipinski definition) is 3. The number of methoxy groups -OCH3 is 1. The van der Waals surface area contributed by atoms with E-state index in [2.05, 4.69) is 42.5 Å². The summed E-state index contributed by atoms with van der Waals surface area (Å²) < 4.78 is 7.29. The minimum Gasteiger partial charge on any atom is -0.384 e. The van der Waals surface area contributed by atoms with E-state index in [0.717, 1.165) is 25.3 Å². The molecule has 0 saturated heterocycles. The maximum absolute atomic E-state index is 5.26. The van der Waals surface area contributed by atoms with Crippen LogP contribution in [0.25, 0.3) is 5.69 Å². The average molecular weight is 287 g/mol. The second-order valence-corrected chi connectivity index (χ2v) is 5.41. The van der Waals surface area contributed by atoms with Gasteiger partial charge in [0.15, 0.2) is 0 Å². The first kappa shape index (κ1) is 15.7. The summed E-state index contributed by atoms with van der Waals surface area (Å²) in [5, 5.41) is 8.06. The van der Waals surface area contributed by atoms with Gasteiger partial charge in [0.1, 0.15) is 0 Å². The highest BCUT2D eigenvalue weighted by atomic mass is 16.5. The lowest BCUT2D eigenvalue weighted by molar-refractivity contribution is 0.149. The summed E-state index contributed by atoms with van der Waals surface area (Å²) in [7, 11) is 1.76. The zero-order valence-corrected chi connectivity index (χ0v) is 13.1. The first-order valence-corrected chi connectivity index (χ1v) is 7.58. The molecule has 0 aliphatic carbocycles. The lowest BCUT2D eigenvalue weighted by atomic mass is 10.00. The van der Waals surface area contributed by atoms with Gasteiger partial charge in [0.05, 0.1) is 11.4 Å². The van der Waals surface area contributed by atoms with Crippen LogP contribution in [0, 0.1) is 5.92 Å². The van der Waals surface area contributed by atoms with Crippen LogP contribution in [0.3, 0.4) is 0 Å². The molecule has 2 unspecified atom stereocenters. The number of rotatable bonds is 8. The molecule has 0 fully saturated rings. The minimum atomic E-state index is 0.280. The molecule has 2 aromatic rings. The Morgan fingerprint density at radius 2 is 2.00 bits per heavy atom. The minimum absolute atomic E-state index is 0.280. The maximum Gasteiger partial charge on any atom is 0.0649 e. The SMILES string of the molecule is CCNC(CC(C)COC)c1ccnn1-c1ccccc1. The number of aromatic nitrogens is 2. The molecule has 0 spiro atoms. The molecule has 0 bridgehead atoms. The molecular weight excluding hydrogens is 262 g/mol. The van der Waals surface area contributed by atoms with Crippen molar-refractivity contribution in [2.24, 2.45) is 5.92 Å². The van der Waals surface area contributed by atoms with Crippen LogP contribution >= 0.6 is 0 Å². The van der Waals surface area contributed by atoms with E-state index in [1.165, 1.54) is 5.69 Å². The predicted molar refractivity (Wildman–Crippen MR) is 85.6 cm³/mol. The largest absolute Gasteiger partial charge is 0.384 e. The highest BCUT2D eigenvalue weighted by Gasteiger charge is 2.19. The van der Waals surface area contributed by atoms with Gasteiger partial charge >= 0.3 is 0 Å². The van der Waals surface area contributed by atoms with Crippen molar-refractivity contribution in [3.63, 3.8) is 0 Å². The van der Waals surface area contributed by atoms with Crippen molar-refractivity contribution in [2.45, 2.75) is 26.3 Å². The van der Waals surface area contributed by atoms with Crippen molar-refractivity contribution < 1.29 is 4.74 Å². The summed E-state index contributed by atoms with van der Waals surface area (Å²) >= 11 is 0. The smallest absolute Gasteiger partial charge is 0.0649 e. The Hall–Kier alpha value is -1.65. The van der Waals surface area contributed by atoms with E-state index in [-0.39, 0.29) is 6.04 Å². The molecule has 2 rings (SSSR count). The Morgan fingerprint density at radius 3 is 2.67 bits per heavy atom. The quantitative estimate of drug-likeness (QED) is 0.810. The Morgan fingerprint density at radius 1 is 1.24 bits per heavy atom. The van der Waals surface area contributed by atoms with Crippen molar-refractivity contribution in [3.05, 3.63) is 48.3 Å². The molecule has 0 aliphatic heterocycles. The van der Waals surface area contributed by atoms with E-state index in [0.29, 0.717) is 5.92 Å². The van der Waals surface area contributed by atoms with E-state index in [9.17, 15) is 0 Å². The number of benzene rings is 1. The molecule has 4 heteroatoms. The van der Waals surface area contributed by atoms with E-state index >= 15 is 0 Å². The first-order chi connectivity index (χ1) is 10.3. The second kappa shape index (κ2) is 7.96. The van der Waals surface area contributed by atoms with Crippen LogP contribution in [-0.2, 0) is 4.74 Å². The van der Waals surface area contributed by atoms with Crippen LogP contribution in [0.2, 0.25) is 0 Å². The standard InChI is InChI=1S/C17H25N3O/c1-4-18-16(12-14(2)13-21-3)17-10-11-19-20(17)15-8-6-5-7-9-15/h5-11,14,16,18H,4,12-13H2,1-3H3. The van der Waals surface area contributed by atoms with Gasteiger partial charge in [-0.05, 0) is 37.1 Å². The Balaban J connectivity index is 2.23. The van der Waals surface area contributed by atoms with Gasteiger partial charge < -0.3 is 10.1 Å². The van der Waals surface area contributed by atoms with E-state index in [1.807, 2.05) is 29.1 Å². The molecule has 0 saturated carbocycles. The zero-order valence-electron chi connectivity index (χ0n) is 13.1. The fourth-order valence-corrected chi connectivity index (χ4v) is 2.67. The van der Waals surface area contributed by atoms with Crippen molar-refractivity contribution >= 4 is 0 Å². The van der Waals surface area contributed by atoms with E-state index in [4.69, 9.17) is 4.74 Å². The highest BCUT2D eigenvalue weighted by Crippen LogP contribution is 2.23. The number of nitrogens with zero attached hydrogens (tertiary/aromatic N) is 2. The Kier molecular flexibility index (Phi) is 5.96. The van der Waals surface area contributed by atoms with Gasteiger partial charge in [-0.3, -0.25) is 0 Å². The Labute approximate surface area is 127 Å². The summed E-state index contributed by atoms with van der Waals surface area (Å²) in [6.45, 7) is 6.07. The van der Waals surface area contributed by atoms with Crippen LogP contribution in [0.15, 0.2) is 42.6 Å². The molecule has 1 heterocycles. The number of hydrogen-bond donors (Lipinski definition) is 1. The molecule has 4 nitrogen and oxygen atoms in total. The summed E-state index contributed by atoms with van der Waals surface area (Å²) in [6.07, 6.45) is 2.90. The number of ether oxygens (including phenoxy) is 1. The predicted octanol–water partition coefficient (Wildman–Crippen LogP) is 3.20. The molecule has 0 amide bonds. The molecular formula is C17H25N3O. The van der Waals surface area contributed by atoms with Gasteiger partial charge in [-0.25, -0.2) is 4.68 Å². The van der Waals surface area contributed by atoms with Crippen molar-refractivity contribution in [1.82, 2.24) is 15.1 Å². The molecule has 1 aromatic carbocycles. The summed E-state index contributed by atoms with van der Waals surface area (Å²) in [4.78, 5) is 0. The third-order valence-corrected chi connectivity index (χ3v) is 3.57. The summed E-state index contributed by atoms with van der Waals surface area (Å²) in [5.74, 6) is 0.498. The van der Waals surface area contributed by atoms with Crippen LogP contribution in [0.5, 0.6) is 0 Å². The van der Waals surface area contributed by atoms with Gasteiger partial charge in [0, 0.05) is 26.0 Å². The third-order valence-electron chi connectivity index (χ3n) is 3.57. The molecule has 2 atom stereocenters. The van der Waals surface area contributed by atoms with Crippen molar-refractivity contribution in [3.8, 4) is 5.69 Å². The fraction of sp³-hybridized carbons (Fsp3) is 0.471. The van der Waals surface area contributed by atoms with Crippen LogP contribution in [0.1, 0.15) is 32.0 Å². The van der Waals surface area contributed by atoms with Crippen LogP contribution in [-0.4, -0.2) is 30.0 Å². The van der Waals surface area contributed by atoms with Gasteiger partial charge in [-0.2, -0.15) is 5.10 Å². The number of nitrogens with one attached hydrogen (secondary N) is 1. The lowest BCUT2D eigenvalue weighted by Gasteiger charge is -2.22. The molecule has 1 aromatic heterocycles. The summed E-state index contributed by atoms with van der Waals surface area (Å²) in [5.41, 5.74) is 2.30. The van der Waals surface area contributed by atoms with Gasteiger partial charge in [0.25, 0.3) is 0 Å². The first-order valence-electron chi connectivity index (χ1n) is 7.58. The van der Waals surface area contributed by atoms with Gasteiger partial charge in [-0.1, -0.05) is 32.0 Å². The molecule has 21 heavy (non-hydrogen) atoms. The average Bonchev–Trinajstić information content (AvgIpc) is 2.97. The number of para-hydroxylation sites is 1. The van der Waals surface area contributed by atoms with Crippen LogP contribution in [0.4, 0.5) is 0 Å². The normalized spacial score (nSPS) is 14.0. The highest BCUT2D eigenvalue weighted by molar-refractivity contribution is 5.33. The van der Waals surface area contributed by atoms with Crippen LogP contribution < -0.4 is 5.32 Å². The summed E-state index contributed by atoms with van der Waals surface area (Å²) in [6, 6.07) is 12.6. The molecule has 0 radical (unpaired) electrons. The van der Waals surface area contributed by atoms with E-state index in [1.54, 1.807) is 7.11 Å². The Bertz CT molecular complexity index is 524. The van der Waals surface area contributed by atoms with Crippen molar-refractivity contribution in [2.75, 3.05) is 20.3 Å². The lowest BCUT2D eigenvalue weighted by Crippen LogP contribution is -2.26. The fourth-order valence-electron chi connectivity index (χ4n) is 2.67.